The van der Waals surface area contributed by atoms with Crippen molar-refractivity contribution in [3.8, 4) is 33.8 Å². The number of benzene rings is 2. The van der Waals surface area contributed by atoms with Gasteiger partial charge in [-0.1, -0.05) is 64.1 Å². The Morgan fingerprint density at radius 2 is 1.13 bits per heavy atom. The largest absolute Gasteiger partial charge is 0.453 e. The molecule has 7 rings (SSSR count). The Morgan fingerprint density at radius 3 is 1.65 bits per heavy atom. The van der Waals surface area contributed by atoms with Gasteiger partial charge in [0.1, 0.15) is 23.7 Å². The second-order valence-electron chi connectivity index (χ2n) is 16.6. The number of rotatable bonds is 11. The highest BCUT2D eigenvalue weighted by Crippen LogP contribution is 2.38. The van der Waals surface area contributed by atoms with Crippen LogP contribution in [-0.2, 0) is 19.1 Å². The molecule has 0 saturated carbocycles. The summed E-state index contributed by atoms with van der Waals surface area (Å²) in [5.74, 6) is 0.855. The number of hydrogen-bond acceptors (Lipinski definition) is 9. The van der Waals surface area contributed by atoms with Crippen LogP contribution in [-0.4, -0.2) is 97.1 Å². The van der Waals surface area contributed by atoms with Crippen LogP contribution in [0.5, 0.6) is 0 Å². The van der Waals surface area contributed by atoms with Crippen LogP contribution in [0.1, 0.15) is 91.0 Å². The van der Waals surface area contributed by atoms with Gasteiger partial charge in [0.2, 0.25) is 11.8 Å². The first kappa shape index (κ1) is 41.9. The Hall–Kier alpha value is -6.25. The highest BCUT2D eigenvalue weighted by molar-refractivity contribution is 5.88. The molecule has 2 aromatic carbocycles. The number of pyridine rings is 1. The first-order chi connectivity index (χ1) is 28.8. The number of alkyl carbamates (subject to hydrolysis) is 2. The summed E-state index contributed by atoms with van der Waals surface area (Å²) in [4.78, 5) is 76.6. The number of methoxy groups -OCH3 is 2. The number of nitrogens with zero attached hydrogens (tertiary/aromatic N) is 5. The number of aromatic nitrogens is 5. The van der Waals surface area contributed by atoms with Crippen LogP contribution in [0.2, 0.25) is 0 Å². The van der Waals surface area contributed by atoms with Crippen LogP contribution < -0.4 is 10.6 Å². The Balaban J connectivity index is 1.04. The molecule has 5 heterocycles. The van der Waals surface area contributed by atoms with Crippen molar-refractivity contribution in [3.63, 3.8) is 0 Å². The molecule has 2 fully saturated rings. The van der Waals surface area contributed by atoms with E-state index >= 15 is 0 Å². The predicted molar refractivity (Wildman–Crippen MR) is 227 cm³/mol. The zero-order valence-corrected chi connectivity index (χ0v) is 35.5. The lowest BCUT2D eigenvalue weighted by molar-refractivity contribution is -0.138. The summed E-state index contributed by atoms with van der Waals surface area (Å²) in [6, 6.07) is 16.5. The van der Waals surface area contributed by atoms with Crippen molar-refractivity contribution >= 4 is 34.9 Å². The summed E-state index contributed by atoms with van der Waals surface area (Å²) in [6.07, 6.45) is 5.47. The van der Waals surface area contributed by atoms with E-state index in [9.17, 15) is 19.2 Å². The molecule has 5 aromatic rings. The number of ether oxygens (including phenoxy) is 2. The van der Waals surface area contributed by atoms with E-state index in [-0.39, 0.29) is 47.8 Å². The number of imidazole rings is 2. The van der Waals surface area contributed by atoms with Gasteiger partial charge in [-0.2, -0.15) is 0 Å². The molecule has 4 amide bonds. The van der Waals surface area contributed by atoms with Crippen LogP contribution in [0.3, 0.4) is 0 Å². The molecule has 1 unspecified atom stereocenters. The van der Waals surface area contributed by atoms with Gasteiger partial charge in [-0.25, -0.2) is 24.5 Å². The number of fused-ring (bicyclic) bond motifs is 1. The zero-order valence-electron chi connectivity index (χ0n) is 35.5. The normalized spacial score (nSPS) is 20.1. The minimum atomic E-state index is -0.717. The lowest BCUT2D eigenvalue weighted by Gasteiger charge is -2.32. The molecule has 2 aliphatic heterocycles. The highest BCUT2D eigenvalue weighted by atomic mass is 16.5. The van der Waals surface area contributed by atoms with Gasteiger partial charge in [0.15, 0.2) is 0 Å². The van der Waals surface area contributed by atoms with Crippen LogP contribution >= 0.6 is 0 Å². The molecule has 60 heavy (non-hydrogen) atoms. The maximum absolute atomic E-state index is 13.8. The van der Waals surface area contributed by atoms with Gasteiger partial charge in [-0.15, -0.1) is 0 Å². The quantitative estimate of drug-likeness (QED) is 0.104. The molecule has 316 valence electrons. The second kappa shape index (κ2) is 17.5. The summed E-state index contributed by atoms with van der Waals surface area (Å²) in [6.45, 7) is 11.7. The van der Waals surface area contributed by atoms with Gasteiger partial charge >= 0.3 is 12.2 Å². The fraction of sp³-hybridized carbons (Fsp3) is 0.444. The summed E-state index contributed by atoms with van der Waals surface area (Å²) < 4.78 is 9.58. The minimum Gasteiger partial charge on any atom is -0.453 e. The third-order valence-corrected chi connectivity index (χ3v) is 11.9. The van der Waals surface area contributed by atoms with Crippen molar-refractivity contribution in [2.45, 2.75) is 103 Å². The van der Waals surface area contributed by atoms with Gasteiger partial charge in [0, 0.05) is 17.5 Å². The molecule has 15 heteroatoms. The fourth-order valence-electron chi connectivity index (χ4n) is 8.55. The van der Waals surface area contributed by atoms with E-state index in [4.69, 9.17) is 24.4 Å². The Labute approximate surface area is 350 Å². The van der Waals surface area contributed by atoms with Gasteiger partial charge in [0.25, 0.3) is 0 Å². The number of likely N-dealkylation sites (tertiary alicyclic amines) is 2. The fourth-order valence-corrected chi connectivity index (χ4v) is 8.55. The van der Waals surface area contributed by atoms with E-state index in [0.717, 1.165) is 76.2 Å². The molecule has 6 atom stereocenters. The summed E-state index contributed by atoms with van der Waals surface area (Å²) in [5.41, 5.74) is 6.25. The number of hydrogen-bond donors (Lipinski definition) is 4. The summed E-state index contributed by atoms with van der Waals surface area (Å²) >= 11 is 0. The monoisotopic (exact) mass is 817 g/mol. The standard InChI is InChI=1S/C45H55N9O6/c1-24(2)38(51-44(57)59-7)42(55)53-26(5)9-19-36(53)40-46-22-34(49-40)29-13-11-28(12-14-29)30-15-17-32-31(21-30)16-18-33(48-32)35-23-47-41(50-35)37-20-10-27(6)54(37)43(56)39(25(3)4)52-45(58)60-8/h11-18,21-27,36-39H,9-10,19-20H2,1-8H3,(H,46,49)(H,47,50)(H,51,57)(H,52,58)/t26-,27-,36-,37-,38?,39-/m0/s1. The SMILES string of the molecule is COC(=O)NC(C(=O)N1[C@@H](C)CC[C@H]1c1ncc(-c2ccc(-c3ccc4nc(-c5cnc([C@@H]6CC[C@H](C)N6C(=O)[C@@H](NC(=O)OC)C(C)C)[nH]5)ccc4c3)cc2)[nH]1)C(C)C. The van der Waals surface area contributed by atoms with Crippen molar-refractivity contribution in [1.82, 2.24) is 45.4 Å². The van der Waals surface area contributed by atoms with E-state index in [1.165, 1.54) is 14.2 Å². The molecule has 0 radical (unpaired) electrons. The molecule has 0 bridgehead atoms. The predicted octanol–water partition coefficient (Wildman–Crippen LogP) is 7.55. The number of aromatic amines is 2. The minimum absolute atomic E-state index is 0.00315. The Kier molecular flexibility index (Phi) is 12.2. The Morgan fingerprint density at radius 1 is 0.650 bits per heavy atom. The molecule has 4 N–H and O–H groups in total. The number of amides is 4. The van der Waals surface area contributed by atoms with E-state index in [0.29, 0.717) is 5.82 Å². The molecule has 0 spiro atoms. The molecule has 3 aromatic heterocycles. The first-order valence-corrected chi connectivity index (χ1v) is 20.7. The van der Waals surface area contributed by atoms with Crippen molar-refractivity contribution in [2.75, 3.05) is 14.2 Å². The number of carbonyl (C=O) groups is 4. The lowest BCUT2D eigenvalue weighted by atomic mass is 10.0. The maximum Gasteiger partial charge on any atom is 0.407 e. The van der Waals surface area contributed by atoms with Gasteiger partial charge in [-0.3, -0.25) is 9.59 Å². The summed E-state index contributed by atoms with van der Waals surface area (Å²) in [5, 5.41) is 6.42. The van der Waals surface area contributed by atoms with E-state index < -0.39 is 24.3 Å². The Bertz CT molecular complexity index is 2350. The maximum atomic E-state index is 13.8. The molecule has 2 saturated heterocycles. The number of nitrogens with one attached hydrogen (secondary N) is 4. The van der Waals surface area contributed by atoms with Gasteiger partial charge in [-0.05, 0) is 86.3 Å². The van der Waals surface area contributed by atoms with Crippen molar-refractivity contribution in [1.29, 1.82) is 0 Å². The van der Waals surface area contributed by atoms with E-state index in [2.05, 4.69) is 57.0 Å². The van der Waals surface area contributed by atoms with E-state index in [1.54, 1.807) is 6.20 Å². The van der Waals surface area contributed by atoms with Crippen molar-refractivity contribution in [2.24, 2.45) is 11.8 Å². The number of H-pyrrole nitrogens is 2. The van der Waals surface area contributed by atoms with Crippen LogP contribution in [0, 0.1) is 11.8 Å². The van der Waals surface area contributed by atoms with Crippen molar-refractivity contribution in [3.05, 3.63) is 78.6 Å². The molecule has 15 nitrogen and oxygen atoms in total. The average Bonchev–Trinajstić information content (AvgIpc) is 4.08. The highest BCUT2D eigenvalue weighted by Gasteiger charge is 2.42. The smallest absolute Gasteiger partial charge is 0.407 e. The molecule has 2 aliphatic rings. The summed E-state index contributed by atoms with van der Waals surface area (Å²) in [7, 11) is 2.58. The van der Waals surface area contributed by atoms with Crippen LogP contribution in [0.25, 0.3) is 44.7 Å². The zero-order chi connectivity index (χ0) is 42.8. The topological polar surface area (TPSA) is 188 Å². The third kappa shape index (κ3) is 8.43. The third-order valence-electron chi connectivity index (χ3n) is 11.9. The van der Waals surface area contributed by atoms with Gasteiger partial charge < -0.3 is 39.9 Å². The molecule has 0 aliphatic carbocycles. The van der Waals surface area contributed by atoms with E-state index in [1.807, 2.05) is 75.7 Å². The van der Waals surface area contributed by atoms with Crippen LogP contribution in [0.4, 0.5) is 9.59 Å². The van der Waals surface area contributed by atoms with Gasteiger partial charge in [0.05, 0.1) is 61.3 Å². The lowest BCUT2D eigenvalue weighted by Crippen LogP contribution is -2.52. The molecular formula is C45H55N9O6. The second-order valence-corrected chi connectivity index (χ2v) is 16.6. The van der Waals surface area contributed by atoms with Crippen LogP contribution in [0.15, 0.2) is 67.0 Å². The average molecular weight is 818 g/mol. The molecular weight excluding hydrogens is 763 g/mol. The number of carbonyl (C=O) groups excluding carboxylic acids is 4. The van der Waals surface area contributed by atoms with Crippen molar-refractivity contribution < 1.29 is 28.7 Å². The first-order valence-electron chi connectivity index (χ1n) is 20.7.